The molecule has 0 spiro atoms. The van der Waals surface area contributed by atoms with Crippen LogP contribution in [0.15, 0.2) is 10.3 Å². The summed E-state index contributed by atoms with van der Waals surface area (Å²) >= 11 is 6.82. The SMILES string of the molecule is CC1(C)ON=C(S(C)(=O)=O)C1F.Cc1nnc(CCl)n1C.Cc1nnc(CSC2=NOC(C)(C)C2F)n1C. The molecule has 12 nitrogen and oxygen atoms in total. The molecule has 0 amide bonds. The van der Waals surface area contributed by atoms with Crippen molar-refractivity contribution in [3.63, 3.8) is 0 Å². The molecule has 0 saturated carbocycles. The molecule has 2 atom stereocenters. The molecule has 4 heterocycles. The molecule has 2 aliphatic heterocycles. The van der Waals surface area contributed by atoms with E-state index in [4.69, 9.17) is 16.4 Å². The van der Waals surface area contributed by atoms with Crippen molar-refractivity contribution in [2.45, 2.75) is 76.7 Å². The average Bonchev–Trinajstić information content (AvgIpc) is 3.50. The predicted octanol–water partition coefficient (Wildman–Crippen LogP) is 3.17. The first kappa shape index (κ1) is 31.9. The number of hydrogen-bond donors (Lipinski definition) is 0. The van der Waals surface area contributed by atoms with E-state index in [9.17, 15) is 17.2 Å². The molecule has 38 heavy (non-hydrogen) atoms. The molecule has 4 rings (SSSR count). The Balaban J connectivity index is 0.000000212. The van der Waals surface area contributed by atoms with E-state index in [0.29, 0.717) is 16.7 Å². The molecule has 2 aliphatic rings. The van der Waals surface area contributed by atoms with Crippen LogP contribution < -0.4 is 0 Å². The van der Waals surface area contributed by atoms with Gasteiger partial charge in [0.2, 0.25) is 5.04 Å². The molecule has 0 fully saturated rings. The molecule has 0 bridgehead atoms. The largest absolute Gasteiger partial charge is 0.385 e. The summed E-state index contributed by atoms with van der Waals surface area (Å²) in [6, 6.07) is 0. The molecule has 0 aromatic carbocycles. The lowest BCUT2D eigenvalue weighted by atomic mass is 10.1. The first-order chi connectivity index (χ1) is 17.4. The van der Waals surface area contributed by atoms with Gasteiger partial charge in [-0.25, -0.2) is 17.2 Å². The van der Waals surface area contributed by atoms with Crippen molar-refractivity contribution in [2.24, 2.45) is 24.4 Å². The van der Waals surface area contributed by atoms with Gasteiger partial charge in [0.05, 0.1) is 11.6 Å². The highest BCUT2D eigenvalue weighted by atomic mass is 35.5. The van der Waals surface area contributed by atoms with Crippen LogP contribution in [0.5, 0.6) is 0 Å². The molecule has 0 N–H and O–H groups in total. The maximum Gasteiger partial charge on any atom is 0.209 e. The fourth-order valence-corrected chi connectivity index (χ4v) is 4.86. The van der Waals surface area contributed by atoms with E-state index in [0.717, 1.165) is 29.6 Å². The van der Waals surface area contributed by atoms with E-state index in [1.165, 1.54) is 25.6 Å². The Bertz CT molecular complexity index is 1290. The minimum atomic E-state index is -3.57. The quantitative estimate of drug-likeness (QED) is 0.487. The Labute approximate surface area is 230 Å². The van der Waals surface area contributed by atoms with Gasteiger partial charge in [-0.15, -0.1) is 32.0 Å². The van der Waals surface area contributed by atoms with Gasteiger partial charge in [-0.1, -0.05) is 22.1 Å². The van der Waals surface area contributed by atoms with Gasteiger partial charge in [0.1, 0.15) is 23.3 Å². The smallest absolute Gasteiger partial charge is 0.209 e. The van der Waals surface area contributed by atoms with E-state index < -0.39 is 38.4 Å². The third-order valence-corrected chi connectivity index (χ3v) is 7.87. The van der Waals surface area contributed by atoms with Gasteiger partial charge in [0, 0.05) is 20.4 Å². The van der Waals surface area contributed by atoms with Gasteiger partial charge < -0.3 is 18.8 Å². The highest BCUT2D eigenvalue weighted by Crippen LogP contribution is 2.32. The van der Waals surface area contributed by atoms with E-state index in [-0.39, 0.29) is 0 Å². The van der Waals surface area contributed by atoms with Crippen molar-refractivity contribution in [1.82, 2.24) is 29.5 Å². The standard InChI is InChI=1S/C10H15FN4OS.C6H10FNO3S.C5H8ClN3/c1-6-12-13-7(15(6)4)5-17-9-8(11)10(2,3)16-14-9;1-6(2)4(7)5(8-11-6)12(3,9)10;1-4-7-8-5(3-6)9(4)2/h8H,5H2,1-4H3;4H,1-3H3;3H2,1-2H3. The number of alkyl halides is 3. The first-order valence-corrected chi connectivity index (χ1v) is 14.7. The third kappa shape index (κ3) is 7.62. The Morgan fingerprint density at radius 1 is 0.895 bits per heavy atom. The normalized spacial score (nSPS) is 21.3. The van der Waals surface area contributed by atoms with E-state index >= 15 is 0 Å². The van der Waals surface area contributed by atoms with Gasteiger partial charge in [-0.2, -0.15) is 0 Å². The van der Waals surface area contributed by atoms with Crippen molar-refractivity contribution in [3.8, 4) is 0 Å². The van der Waals surface area contributed by atoms with Crippen molar-refractivity contribution >= 4 is 43.3 Å². The Morgan fingerprint density at radius 2 is 1.37 bits per heavy atom. The Morgan fingerprint density at radius 3 is 1.66 bits per heavy atom. The number of thioether (sulfide) groups is 1. The van der Waals surface area contributed by atoms with E-state index in [1.807, 2.05) is 37.1 Å². The molecule has 214 valence electrons. The van der Waals surface area contributed by atoms with Crippen LogP contribution in [0, 0.1) is 13.8 Å². The summed E-state index contributed by atoms with van der Waals surface area (Å²) in [6.45, 7) is 10.0. The summed E-state index contributed by atoms with van der Waals surface area (Å²) in [6.07, 6.45) is -1.95. The molecule has 17 heteroatoms. The number of aromatic nitrogens is 6. The zero-order valence-electron chi connectivity index (χ0n) is 22.7. The Hall–Kier alpha value is -2.33. The van der Waals surface area contributed by atoms with Gasteiger partial charge in [-0.3, -0.25) is 0 Å². The zero-order chi connectivity index (χ0) is 29.1. The number of aryl methyl sites for hydroxylation is 2. The van der Waals surface area contributed by atoms with Crippen LogP contribution in [0.2, 0.25) is 0 Å². The van der Waals surface area contributed by atoms with Crippen molar-refractivity contribution < 1.29 is 26.9 Å². The number of halogens is 3. The second-order valence-corrected chi connectivity index (χ2v) is 12.8. The van der Waals surface area contributed by atoms with Crippen LogP contribution >= 0.6 is 23.4 Å². The number of rotatable bonds is 3. The van der Waals surface area contributed by atoms with E-state index in [2.05, 4.69) is 35.5 Å². The van der Waals surface area contributed by atoms with Crippen molar-refractivity contribution in [2.75, 3.05) is 6.26 Å². The summed E-state index contributed by atoms with van der Waals surface area (Å²) in [7, 11) is 0.207. The van der Waals surface area contributed by atoms with Crippen LogP contribution in [0.1, 0.15) is 51.0 Å². The number of oxime groups is 2. The highest BCUT2D eigenvalue weighted by molar-refractivity contribution is 8.13. The maximum atomic E-state index is 13.9. The molecule has 0 saturated heterocycles. The third-order valence-electron chi connectivity index (χ3n) is 5.61. The number of nitrogens with zero attached hydrogens (tertiary/aromatic N) is 8. The fourth-order valence-electron chi connectivity index (χ4n) is 2.74. The summed E-state index contributed by atoms with van der Waals surface area (Å²) in [5.41, 5.74) is -2.03. The van der Waals surface area contributed by atoms with Crippen LogP contribution in [-0.2, 0) is 45.2 Å². The highest BCUT2D eigenvalue weighted by Gasteiger charge is 2.46. The lowest BCUT2D eigenvalue weighted by Crippen LogP contribution is -2.37. The minimum absolute atomic E-state index is 0.371. The summed E-state index contributed by atoms with van der Waals surface area (Å²) in [4.78, 5) is 9.66. The molecule has 2 aromatic heterocycles. The molecule has 0 aliphatic carbocycles. The minimum Gasteiger partial charge on any atom is -0.385 e. The van der Waals surface area contributed by atoms with Crippen LogP contribution in [0.4, 0.5) is 8.78 Å². The van der Waals surface area contributed by atoms with Gasteiger partial charge >= 0.3 is 0 Å². The number of sulfone groups is 1. The molecular weight excluding hydrogens is 566 g/mol. The summed E-state index contributed by atoms with van der Waals surface area (Å²) in [5, 5.41) is 22.4. The van der Waals surface area contributed by atoms with Crippen LogP contribution in [-0.4, -0.2) is 77.8 Å². The molecule has 2 unspecified atom stereocenters. The summed E-state index contributed by atoms with van der Waals surface area (Å²) < 4.78 is 52.6. The topological polar surface area (TPSA) is 139 Å². The predicted molar refractivity (Wildman–Crippen MR) is 142 cm³/mol. The monoisotopic (exact) mass is 598 g/mol. The van der Waals surface area contributed by atoms with Gasteiger partial charge in [0.25, 0.3) is 0 Å². The summed E-state index contributed by atoms with van der Waals surface area (Å²) in [5.74, 6) is 4.31. The lowest BCUT2D eigenvalue weighted by molar-refractivity contribution is -0.0233. The van der Waals surface area contributed by atoms with Crippen molar-refractivity contribution in [3.05, 3.63) is 23.3 Å². The molecular formula is C21H33ClF2N8O4S2. The second-order valence-electron chi connectivity index (χ2n) is 9.61. The molecule has 0 radical (unpaired) electrons. The first-order valence-electron chi connectivity index (χ1n) is 11.3. The van der Waals surface area contributed by atoms with Gasteiger partial charge in [-0.05, 0) is 41.5 Å². The number of hydrogen-bond acceptors (Lipinski definition) is 11. The fraction of sp³-hybridized carbons (Fsp3) is 0.714. The zero-order valence-corrected chi connectivity index (χ0v) is 25.1. The molecule has 2 aromatic rings. The Kier molecular flexibility index (Phi) is 10.3. The lowest BCUT2D eigenvalue weighted by Gasteiger charge is -2.17. The van der Waals surface area contributed by atoms with Crippen LogP contribution in [0.25, 0.3) is 0 Å². The second kappa shape index (κ2) is 12.2. The van der Waals surface area contributed by atoms with Crippen LogP contribution in [0.3, 0.4) is 0 Å². The van der Waals surface area contributed by atoms with Crippen molar-refractivity contribution in [1.29, 1.82) is 0 Å². The van der Waals surface area contributed by atoms with E-state index in [1.54, 1.807) is 13.8 Å². The average molecular weight is 599 g/mol. The maximum absolute atomic E-state index is 13.9. The van der Waals surface area contributed by atoms with Gasteiger partial charge in [0.15, 0.2) is 38.4 Å².